The van der Waals surface area contributed by atoms with Gasteiger partial charge >= 0.3 is 5.97 Å². The summed E-state index contributed by atoms with van der Waals surface area (Å²) in [6, 6.07) is 1.61. The molecule has 1 aromatic rings. The van der Waals surface area contributed by atoms with Crippen molar-refractivity contribution >= 4 is 51.5 Å². The highest BCUT2D eigenvalue weighted by Crippen LogP contribution is 2.52. The Morgan fingerprint density at radius 1 is 1.31 bits per heavy atom. The highest BCUT2D eigenvalue weighted by atomic mass is 79.9. The lowest BCUT2D eigenvalue weighted by molar-refractivity contribution is -0.148. The minimum atomic E-state index is -0.911. The Kier molecular flexibility index (Phi) is 6.31. The molecule has 0 radical (unpaired) electrons. The number of imide groups is 1. The summed E-state index contributed by atoms with van der Waals surface area (Å²) in [5.41, 5.74) is 0.482. The molecule has 0 spiro atoms. The summed E-state index contributed by atoms with van der Waals surface area (Å²) in [6.45, 7) is 3.64. The van der Waals surface area contributed by atoms with Crippen LogP contribution in [0.5, 0.6) is 11.5 Å². The summed E-state index contributed by atoms with van der Waals surface area (Å²) in [7, 11) is 1.26. The van der Waals surface area contributed by atoms with E-state index in [1.807, 2.05) is 12.2 Å². The second-order valence-electron chi connectivity index (χ2n) is 7.87. The van der Waals surface area contributed by atoms with Gasteiger partial charge in [0.2, 0.25) is 0 Å². The minimum absolute atomic E-state index is 0.112. The quantitative estimate of drug-likeness (QED) is 0.234. The first-order chi connectivity index (χ1) is 15.3. The zero-order chi connectivity index (χ0) is 23.2. The van der Waals surface area contributed by atoms with Crippen LogP contribution in [0.15, 0.2) is 27.8 Å². The van der Waals surface area contributed by atoms with Crippen LogP contribution in [0, 0.1) is 23.7 Å². The molecule has 0 N–H and O–H groups in total. The van der Waals surface area contributed by atoms with Crippen LogP contribution in [-0.2, 0) is 19.1 Å². The summed E-state index contributed by atoms with van der Waals surface area (Å²) in [5, 5.41) is 5.32. The van der Waals surface area contributed by atoms with Gasteiger partial charge in [0, 0.05) is 10.0 Å². The third kappa shape index (κ3) is 3.71. The normalized spacial score (nSPS) is 26.7. The van der Waals surface area contributed by atoms with Gasteiger partial charge in [0.05, 0.1) is 31.8 Å². The lowest BCUT2D eigenvalue weighted by atomic mass is 9.85. The van der Waals surface area contributed by atoms with Crippen molar-refractivity contribution in [2.24, 2.45) is 28.8 Å². The van der Waals surface area contributed by atoms with E-state index in [0.717, 1.165) is 11.4 Å². The van der Waals surface area contributed by atoms with E-state index in [2.05, 4.69) is 25.8 Å². The van der Waals surface area contributed by atoms with Crippen LogP contribution in [-0.4, -0.2) is 48.8 Å². The van der Waals surface area contributed by atoms with Gasteiger partial charge in [-0.25, -0.2) is 4.79 Å². The zero-order valence-corrected chi connectivity index (χ0v) is 20.1. The van der Waals surface area contributed by atoms with Gasteiger partial charge in [-0.1, -0.05) is 23.8 Å². The summed E-state index contributed by atoms with van der Waals surface area (Å²) in [6.07, 6.45) is 5.39. The number of allylic oxidation sites excluding steroid dienone is 2. The number of methoxy groups -OCH3 is 1. The molecule has 1 aromatic carbocycles. The standard InChI is InChI=1S/C22H22BrClN2O6/c1-4-31-14-8-13(17(23)18(24)19(14)32-10(2)22(29)30-3)9-25-26-20(27)15-11-5-6-12(7-11)16(15)21(26)28/h5-6,8-12,15-16H,4,7H2,1-3H3/t10-,11+,12+,15-,16+/m1/s1. The fourth-order valence-corrected chi connectivity index (χ4v) is 5.23. The van der Waals surface area contributed by atoms with Crippen LogP contribution in [0.2, 0.25) is 5.02 Å². The molecule has 1 saturated heterocycles. The Balaban J connectivity index is 1.61. The van der Waals surface area contributed by atoms with E-state index in [4.69, 9.17) is 21.1 Å². The van der Waals surface area contributed by atoms with Crippen LogP contribution < -0.4 is 9.47 Å². The number of amides is 2. The smallest absolute Gasteiger partial charge is 0.346 e. The van der Waals surface area contributed by atoms with Crippen LogP contribution in [0.3, 0.4) is 0 Å². The van der Waals surface area contributed by atoms with Gasteiger partial charge in [0.25, 0.3) is 11.8 Å². The van der Waals surface area contributed by atoms with Gasteiger partial charge in [-0.3, -0.25) is 9.59 Å². The fraction of sp³-hybridized carbons (Fsp3) is 0.455. The van der Waals surface area contributed by atoms with Gasteiger partial charge in [-0.15, -0.1) is 0 Å². The highest BCUT2D eigenvalue weighted by Gasteiger charge is 2.59. The topological polar surface area (TPSA) is 94.5 Å². The first-order valence-corrected chi connectivity index (χ1v) is 11.4. The van der Waals surface area contributed by atoms with E-state index < -0.39 is 12.1 Å². The molecule has 2 aliphatic carbocycles. The average Bonchev–Trinajstić information content (AvgIpc) is 3.46. The summed E-state index contributed by atoms with van der Waals surface area (Å²) < 4.78 is 16.4. The van der Waals surface area contributed by atoms with Gasteiger partial charge in [0.15, 0.2) is 17.6 Å². The number of nitrogens with zero attached hydrogens (tertiary/aromatic N) is 2. The lowest BCUT2D eigenvalue weighted by Crippen LogP contribution is -2.28. The molecule has 2 fully saturated rings. The van der Waals surface area contributed by atoms with Crippen molar-refractivity contribution in [3.8, 4) is 11.5 Å². The molecule has 0 unspecified atom stereocenters. The van der Waals surface area contributed by atoms with Crippen molar-refractivity contribution in [3.63, 3.8) is 0 Å². The van der Waals surface area contributed by atoms with E-state index in [-0.39, 0.29) is 52.0 Å². The number of carbonyl (C=O) groups is 3. The third-order valence-electron chi connectivity index (χ3n) is 6.04. The number of halogens is 2. The van der Waals surface area contributed by atoms with Crippen molar-refractivity contribution in [2.75, 3.05) is 13.7 Å². The fourth-order valence-electron chi connectivity index (χ4n) is 4.58. The maximum atomic E-state index is 12.8. The second kappa shape index (κ2) is 8.86. The molecular weight excluding hydrogens is 504 g/mol. The molecule has 170 valence electrons. The number of fused-ring (bicyclic) bond motifs is 5. The van der Waals surface area contributed by atoms with E-state index in [1.54, 1.807) is 13.0 Å². The first kappa shape index (κ1) is 22.8. The molecule has 32 heavy (non-hydrogen) atoms. The number of benzene rings is 1. The number of ether oxygens (including phenoxy) is 3. The second-order valence-corrected chi connectivity index (χ2v) is 9.04. The minimum Gasteiger partial charge on any atom is -0.490 e. The van der Waals surface area contributed by atoms with Crippen LogP contribution in [0.1, 0.15) is 25.8 Å². The number of carbonyl (C=O) groups excluding carboxylic acids is 3. The van der Waals surface area contributed by atoms with Crippen molar-refractivity contribution in [1.29, 1.82) is 0 Å². The third-order valence-corrected chi connectivity index (χ3v) is 7.49. The van der Waals surface area contributed by atoms with Gasteiger partial charge in [-0.05, 0) is 54.1 Å². The largest absolute Gasteiger partial charge is 0.490 e. The maximum Gasteiger partial charge on any atom is 0.346 e. The van der Waals surface area contributed by atoms with Crippen LogP contribution in [0.4, 0.5) is 0 Å². The summed E-state index contributed by atoms with van der Waals surface area (Å²) in [5.74, 6) is -1.07. The Morgan fingerprint density at radius 3 is 2.50 bits per heavy atom. The molecule has 5 atom stereocenters. The monoisotopic (exact) mass is 524 g/mol. The van der Waals surface area contributed by atoms with Gasteiger partial charge < -0.3 is 14.2 Å². The number of hydrogen-bond acceptors (Lipinski definition) is 7. The van der Waals surface area contributed by atoms with Crippen LogP contribution >= 0.6 is 27.5 Å². The molecule has 1 saturated carbocycles. The first-order valence-electron chi connectivity index (χ1n) is 10.3. The molecule has 8 nitrogen and oxygen atoms in total. The number of hydrogen-bond donors (Lipinski definition) is 0. The SMILES string of the molecule is CCOc1cc(C=NN2C(=O)[C@@H]3[C@H](C2=O)[C@H]2C=C[C@H]3C2)c(Br)c(Cl)c1O[C@H](C)C(=O)OC. The van der Waals surface area contributed by atoms with Crippen LogP contribution in [0.25, 0.3) is 0 Å². The molecule has 3 aliphatic rings. The summed E-state index contributed by atoms with van der Waals surface area (Å²) >= 11 is 9.89. The molecule has 2 bridgehead atoms. The molecule has 1 heterocycles. The van der Waals surface area contributed by atoms with Gasteiger partial charge in [-0.2, -0.15) is 10.1 Å². The predicted molar refractivity (Wildman–Crippen MR) is 120 cm³/mol. The van der Waals surface area contributed by atoms with E-state index in [1.165, 1.54) is 20.2 Å². The van der Waals surface area contributed by atoms with Gasteiger partial charge in [0.1, 0.15) is 5.02 Å². The maximum absolute atomic E-state index is 12.8. The molecule has 4 rings (SSSR count). The Bertz CT molecular complexity index is 1010. The van der Waals surface area contributed by atoms with Crippen molar-refractivity contribution < 1.29 is 28.6 Å². The molecule has 1 aliphatic heterocycles. The average molecular weight is 526 g/mol. The van der Waals surface area contributed by atoms with E-state index in [0.29, 0.717) is 16.6 Å². The molecular formula is C22H22BrClN2O6. The van der Waals surface area contributed by atoms with E-state index >= 15 is 0 Å². The number of rotatable bonds is 7. The Hall–Kier alpha value is -2.39. The lowest BCUT2D eigenvalue weighted by Gasteiger charge is -2.19. The Morgan fingerprint density at radius 2 is 1.94 bits per heavy atom. The predicted octanol–water partition coefficient (Wildman–Crippen LogP) is 3.58. The molecule has 0 aromatic heterocycles. The zero-order valence-electron chi connectivity index (χ0n) is 17.7. The Labute approximate surface area is 198 Å². The number of esters is 1. The van der Waals surface area contributed by atoms with Crippen molar-refractivity contribution in [3.05, 3.63) is 33.3 Å². The van der Waals surface area contributed by atoms with E-state index in [9.17, 15) is 14.4 Å². The molecule has 10 heteroatoms. The summed E-state index contributed by atoms with van der Waals surface area (Å²) in [4.78, 5) is 37.4. The molecule has 2 amide bonds. The number of hydrazone groups is 1. The van der Waals surface area contributed by atoms with Crippen molar-refractivity contribution in [2.45, 2.75) is 26.4 Å². The highest BCUT2D eigenvalue weighted by molar-refractivity contribution is 9.10. The van der Waals surface area contributed by atoms with Crippen molar-refractivity contribution in [1.82, 2.24) is 5.01 Å².